The number of likely N-dealkylation sites (tertiary alicyclic amines) is 1. The van der Waals surface area contributed by atoms with Gasteiger partial charge in [0, 0.05) is 34.4 Å². The quantitative estimate of drug-likeness (QED) is 0.648. The SMILES string of the molecule is CCOC(=O)c1ccc(NC(=O)[C@@H]2CCCN(Cc3c(Cl)cccc3Cl)C2)cc1. The van der Waals surface area contributed by atoms with Gasteiger partial charge in [0.15, 0.2) is 0 Å². The second-order valence-corrected chi connectivity index (χ2v) is 7.88. The minimum Gasteiger partial charge on any atom is -0.462 e. The number of nitrogens with zero attached hydrogens (tertiary/aromatic N) is 1. The first-order valence-corrected chi connectivity index (χ1v) is 10.5. The number of nitrogens with one attached hydrogen (secondary N) is 1. The third kappa shape index (κ3) is 5.72. The average Bonchev–Trinajstić information content (AvgIpc) is 2.72. The van der Waals surface area contributed by atoms with Crippen molar-refractivity contribution in [2.45, 2.75) is 26.3 Å². The lowest BCUT2D eigenvalue weighted by atomic mass is 9.96. The van der Waals surface area contributed by atoms with Gasteiger partial charge in [0.2, 0.25) is 5.91 Å². The van der Waals surface area contributed by atoms with E-state index in [2.05, 4.69) is 10.2 Å². The Morgan fingerprint density at radius 1 is 1.14 bits per heavy atom. The van der Waals surface area contributed by atoms with Gasteiger partial charge in [-0.2, -0.15) is 0 Å². The number of anilines is 1. The van der Waals surface area contributed by atoms with Crippen molar-refractivity contribution in [3.63, 3.8) is 0 Å². The maximum Gasteiger partial charge on any atom is 0.338 e. The van der Waals surface area contributed by atoms with Crippen LogP contribution in [-0.4, -0.2) is 36.5 Å². The number of halogens is 2. The third-order valence-corrected chi connectivity index (χ3v) is 5.69. The van der Waals surface area contributed by atoms with E-state index in [-0.39, 0.29) is 17.8 Å². The van der Waals surface area contributed by atoms with Gasteiger partial charge in [-0.1, -0.05) is 29.3 Å². The van der Waals surface area contributed by atoms with E-state index in [1.807, 2.05) is 18.2 Å². The molecule has 1 N–H and O–H groups in total. The van der Waals surface area contributed by atoms with Crippen molar-refractivity contribution in [2.75, 3.05) is 25.0 Å². The van der Waals surface area contributed by atoms with Gasteiger partial charge < -0.3 is 10.1 Å². The molecule has 0 aromatic heterocycles. The Morgan fingerprint density at radius 3 is 2.48 bits per heavy atom. The fourth-order valence-corrected chi connectivity index (χ4v) is 3.99. The van der Waals surface area contributed by atoms with Gasteiger partial charge in [0.25, 0.3) is 0 Å². The highest BCUT2D eigenvalue weighted by molar-refractivity contribution is 6.35. The summed E-state index contributed by atoms with van der Waals surface area (Å²) in [7, 11) is 0. The summed E-state index contributed by atoms with van der Waals surface area (Å²) in [4.78, 5) is 26.7. The van der Waals surface area contributed by atoms with E-state index in [4.69, 9.17) is 27.9 Å². The minimum absolute atomic E-state index is 0.0242. The van der Waals surface area contributed by atoms with Gasteiger partial charge in [-0.3, -0.25) is 9.69 Å². The van der Waals surface area contributed by atoms with Crippen LogP contribution in [0.3, 0.4) is 0 Å². The van der Waals surface area contributed by atoms with Crippen LogP contribution in [0.1, 0.15) is 35.7 Å². The summed E-state index contributed by atoms with van der Waals surface area (Å²) in [5, 5.41) is 4.24. The number of hydrogen-bond donors (Lipinski definition) is 1. The van der Waals surface area contributed by atoms with Crippen LogP contribution in [0.25, 0.3) is 0 Å². The Kier molecular flexibility index (Phi) is 7.53. The Bertz CT molecular complexity index is 851. The number of benzene rings is 2. The summed E-state index contributed by atoms with van der Waals surface area (Å²) in [6.45, 7) is 4.26. The van der Waals surface area contributed by atoms with Crippen LogP contribution in [0.15, 0.2) is 42.5 Å². The molecule has 2 aromatic carbocycles. The summed E-state index contributed by atoms with van der Waals surface area (Å²) in [5.41, 5.74) is 2.02. The molecule has 1 atom stereocenters. The van der Waals surface area contributed by atoms with Gasteiger partial charge >= 0.3 is 5.97 Å². The van der Waals surface area contributed by atoms with E-state index in [1.54, 1.807) is 31.2 Å². The highest BCUT2D eigenvalue weighted by Crippen LogP contribution is 2.28. The molecule has 1 aliphatic rings. The largest absolute Gasteiger partial charge is 0.462 e. The number of hydrogen-bond acceptors (Lipinski definition) is 4. The maximum atomic E-state index is 12.7. The highest BCUT2D eigenvalue weighted by Gasteiger charge is 2.26. The van der Waals surface area contributed by atoms with Gasteiger partial charge in [-0.05, 0) is 62.7 Å². The van der Waals surface area contributed by atoms with Crippen molar-refractivity contribution < 1.29 is 14.3 Å². The monoisotopic (exact) mass is 434 g/mol. The molecule has 1 saturated heterocycles. The highest BCUT2D eigenvalue weighted by atomic mass is 35.5. The molecular formula is C22H24Cl2N2O3. The lowest BCUT2D eigenvalue weighted by Crippen LogP contribution is -2.40. The topological polar surface area (TPSA) is 58.6 Å². The van der Waals surface area contributed by atoms with Crippen molar-refractivity contribution >= 4 is 40.8 Å². The van der Waals surface area contributed by atoms with Crippen LogP contribution in [-0.2, 0) is 16.1 Å². The second-order valence-electron chi connectivity index (χ2n) is 7.06. The first-order chi connectivity index (χ1) is 14.0. The van der Waals surface area contributed by atoms with Crippen molar-refractivity contribution in [2.24, 2.45) is 5.92 Å². The number of carbonyl (C=O) groups is 2. The fraction of sp³-hybridized carbons (Fsp3) is 0.364. The molecule has 1 fully saturated rings. The number of ether oxygens (including phenoxy) is 1. The predicted octanol–water partition coefficient (Wildman–Crippen LogP) is 5.02. The van der Waals surface area contributed by atoms with Gasteiger partial charge in [0.1, 0.15) is 0 Å². The molecule has 5 nitrogen and oxygen atoms in total. The second kappa shape index (κ2) is 10.1. The van der Waals surface area contributed by atoms with E-state index < -0.39 is 0 Å². The zero-order valence-corrected chi connectivity index (χ0v) is 17.8. The van der Waals surface area contributed by atoms with Crippen molar-refractivity contribution in [1.29, 1.82) is 0 Å². The molecule has 0 spiro atoms. The summed E-state index contributed by atoms with van der Waals surface area (Å²) < 4.78 is 4.97. The van der Waals surface area contributed by atoms with Crippen molar-refractivity contribution in [3.05, 3.63) is 63.6 Å². The van der Waals surface area contributed by atoms with E-state index >= 15 is 0 Å². The lowest BCUT2D eigenvalue weighted by molar-refractivity contribution is -0.121. The molecule has 3 rings (SSSR count). The normalized spacial score (nSPS) is 17.0. The first kappa shape index (κ1) is 21.6. The predicted molar refractivity (Wildman–Crippen MR) is 115 cm³/mol. The Labute approximate surface area is 180 Å². The molecule has 0 saturated carbocycles. The fourth-order valence-electron chi connectivity index (χ4n) is 3.47. The molecule has 0 bridgehead atoms. The smallest absolute Gasteiger partial charge is 0.338 e. The summed E-state index contributed by atoms with van der Waals surface area (Å²) in [6, 6.07) is 12.2. The standard InChI is InChI=1S/C22H24Cl2N2O3/c1-2-29-22(28)15-8-10-17(11-9-15)25-21(27)16-5-4-12-26(13-16)14-18-19(23)6-3-7-20(18)24/h3,6-11,16H,2,4-5,12-14H2,1H3,(H,25,27)/t16-/m1/s1. The number of carbonyl (C=O) groups excluding carboxylic acids is 2. The number of piperidine rings is 1. The minimum atomic E-state index is -0.369. The molecule has 29 heavy (non-hydrogen) atoms. The Morgan fingerprint density at radius 2 is 1.83 bits per heavy atom. The summed E-state index contributed by atoms with van der Waals surface area (Å²) in [6.07, 6.45) is 1.77. The Balaban J connectivity index is 1.59. The van der Waals surface area contributed by atoms with Crippen LogP contribution in [0.5, 0.6) is 0 Å². The van der Waals surface area contributed by atoms with E-state index in [9.17, 15) is 9.59 Å². The zero-order chi connectivity index (χ0) is 20.8. The maximum absolute atomic E-state index is 12.7. The molecule has 154 valence electrons. The van der Waals surface area contributed by atoms with Gasteiger partial charge in [0.05, 0.1) is 18.1 Å². The third-order valence-electron chi connectivity index (χ3n) is 4.98. The molecular weight excluding hydrogens is 411 g/mol. The molecule has 1 heterocycles. The number of amides is 1. The molecule has 0 unspecified atom stereocenters. The molecule has 1 amide bonds. The van der Waals surface area contributed by atoms with Crippen molar-refractivity contribution in [1.82, 2.24) is 4.90 Å². The van der Waals surface area contributed by atoms with Gasteiger partial charge in [-0.15, -0.1) is 0 Å². The number of esters is 1. The molecule has 0 radical (unpaired) electrons. The average molecular weight is 435 g/mol. The van der Waals surface area contributed by atoms with Crippen LogP contribution in [0.2, 0.25) is 10.0 Å². The van der Waals surface area contributed by atoms with Crippen LogP contribution in [0, 0.1) is 5.92 Å². The Hall–Kier alpha value is -2.08. The summed E-state index contributed by atoms with van der Waals surface area (Å²) >= 11 is 12.6. The lowest BCUT2D eigenvalue weighted by Gasteiger charge is -2.32. The van der Waals surface area contributed by atoms with E-state index in [0.717, 1.165) is 24.9 Å². The van der Waals surface area contributed by atoms with Gasteiger partial charge in [-0.25, -0.2) is 4.79 Å². The van der Waals surface area contributed by atoms with E-state index in [0.29, 0.717) is 41.0 Å². The van der Waals surface area contributed by atoms with Crippen LogP contribution in [0.4, 0.5) is 5.69 Å². The van der Waals surface area contributed by atoms with Crippen LogP contribution >= 0.6 is 23.2 Å². The van der Waals surface area contributed by atoms with Crippen LogP contribution < -0.4 is 5.32 Å². The molecule has 1 aliphatic heterocycles. The first-order valence-electron chi connectivity index (χ1n) is 9.71. The molecule has 0 aliphatic carbocycles. The molecule has 7 heteroatoms. The van der Waals surface area contributed by atoms with E-state index in [1.165, 1.54) is 0 Å². The number of rotatable bonds is 6. The molecule has 2 aromatic rings. The summed E-state index contributed by atoms with van der Waals surface area (Å²) in [5.74, 6) is -0.509. The zero-order valence-electron chi connectivity index (χ0n) is 16.3. The van der Waals surface area contributed by atoms with Crippen molar-refractivity contribution in [3.8, 4) is 0 Å².